The number of unbranched alkanes of at least 4 members (excludes halogenated alkanes) is 1. The standard InChI is InChI=1S/C28H38O7/c1-5-6-7-24(33)35-28(23(32)16-34-17(2)29)13-11-21-20-9-8-18-14-19(30)10-12-26(18,3)25(20)22(31)15-27(21,28)4/h8,10,12,20-22,25,31H,5-7,9,11,13-16H2,1-4H3/t20-,21-,22-,25+,26-,27-,28?/m0/s1. The van der Waals surface area contributed by atoms with Crippen LogP contribution in [0.5, 0.6) is 0 Å². The molecule has 4 aliphatic rings. The molecule has 7 nitrogen and oxygen atoms in total. The number of carbonyl (C=O) groups is 4. The van der Waals surface area contributed by atoms with Crippen LogP contribution < -0.4 is 0 Å². The number of aliphatic hydroxyl groups excluding tert-OH is 1. The van der Waals surface area contributed by atoms with E-state index in [1.807, 2.05) is 19.9 Å². The molecule has 0 radical (unpaired) electrons. The van der Waals surface area contributed by atoms with Gasteiger partial charge in [0, 0.05) is 36.5 Å². The molecule has 7 heteroatoms. The lowest BCUT2D eigenvalue weighted by Gasteiger charge is -2.59. The van der Waals surface area contributed by atoms with Crippen LogP contribution in [-0.4, -0.2) is 46.9 Å². The summed E-state index contributed by atoms with van der Waals surface area (Å²) >= 11 is 0. The zero-order valence-corrected chi connectivity index (χ0v) is 21.3. The van der Waals surface area contributed by atoms with Gasteiger partial charge in [-0.15, -0.1) is 0 Å². The summed E-state index contributed by atoms with van der Waals surface area (Å²) < 4.78 is 11.1. The Morgan fingerprint density at radius 3 is 2.66 bits per heavy atom. The molecule has 0 spiro atoms. The van der Waals surface area contributed by atoms with Crippen LogP contribution in [0.15, 0.2) is 23.8 Å². The molecule has 0 amide bonds. The lowest BCUT2D eigenvalue weighted by molar-refractivity contribution is -0.200. The third-order valence-electron chi connectivity index (χ3n) is 9.45. The molecule has 35 heavy (non-hydrogen) atoms. The number of aliphatic hydroxyl groups is 1. The fourth-order valence-corrected chi connectivity index (χ4v) is 7.76. The highest BCUT2D eigenvalue weighted by Crippen LogP contribution is 2.67. The quantitative estimate of drug-likeness (QED) is 0.430. The van der Waals surface area contributed by atoms with Crippen LogP contribution in [-0.2, 0) is 28.7 Å². The van der Waals surface area contributed by atoms with E-state index < -0.39 is 46.9 Å². The first-order valence-corrected chi connectivity index (χ1v) is 13.0. The first-order chi connectivity index (χ1) is 16.5. The highest BCUT2D eigenvalue weighted by Gasteiger charge is 2.70. The molecule has 4 aliphatic carbocycles. The topological polar surface area (TPSA) is 107 Å². The summed E-state index contributed by atoms with van der Waals surface area (Å²) in [5.41, 5.74) is -1.58. The molecular weight excluding hydrogens is 448 g/mol. The summed E-state index contributed by atoms with van der Waals surface area (Å²) in [5, 5.41) is 11.6. The van der Waals surface area contributed by atoms with Crippen molar-refractivity contribution in [2.24, 2.45) is 28.6 Å². The van der Waals surface area contributed by atoms with Crippen LogP contribution in [0.1, 0.15) is 79.1 Å². The van der Waals surface area contributed by atoms with Gasteiger partial charge in [-0.05, 0) is 50.0 Å². The minimum Gasteiger partial charge on any atom is -0.458 e. The predicted octanol–water partition coefficient (Wildman–Crippen LogP) is 3.87. The van der Waals surface area contributed by atoms with Crippen LogP contribution in [0.25, 0.3) is 0 Å². The van der Waals surface area contributed by atoms with Gasteiger partial charge < -0.3 is 14.6 Å². The molecule has 1 unspecified atom stereocenters. The molecule has 0 aliphatic heterocycles. The van der Waals surface area contributed by atoms with Crippen LogP contribution in [0.3, 0.4) is 0 Å². The van der Waals surface area contributed by atoms with Crippen molar-refractivity contribution in [3.05, 3.63) is 23.8 Å². The summed E-state index contributed by atoms with van der Waals surface area (Å²) in [6.07, 6.45) is 9.14. The lowest BCUT2D eigenvalue weighted by Crippen LogP contribution is -2.62. The van der Waals surface area contributed by atoms with E-state index in [0.717, 1.165) is 12.0 Å². The van der Waals surface area contributed by atoms with E-state index in [0.29, 0.717) is 38.5 Å². The number of allylic oxidation sites excluding steroid dienone is 4. The Kier molecular flexibility index (Phi) is 6.86. The number of hydrogen-bond acceptors (Lipinski definition) is 7. The molecule has 1 N–H and O–H groups in total. The Labute approximate surface area is 207 Å². The first-order valence-electron chi connectivity index (χ1n) is 13.0. The van der Waals surface area contributed by atoms with Gasteiger partial charge in [0.15, 0.2) is 18.0 Å². The van der Waals surface area contributed by atoms with Crippen molar-refractivity contribution >= 4 is 23.5 Å². The molecule has 0 saturated heterocycles. The summed E-state index contributed by atoms with van der Waals surface area (Å²) in [4.78, 5) is 50.0. The SMILES string of the molecule is CCCCC(=O)OC1(C(=O)COC(C)=O)CC[C@H]2[C@@H]3CC=C4CC(=O)C=C[C@]4(C)[C@H]3[C@@H](O)C[C@@]21C. The van der Waals surface area contributed by atoms with Gasteiger partial charge in [-0.2, -0.15) is 0 Å². The normalized spacial score (nSPS) is 39.7. The van der Waals surface area contributed by atoms with Crippen molar-refractivity contribution in [1.29, 1.82) is 0 Å². The monoisotopic (exact) mass is 486 g/mol. The van der Waals surface area contributed by atoms with Gasteiger partial charge in [-0.25, -0.2) is 0 Å². The smallest absolute Gasteiger partial charge is 0.306 e. The number of rotatable bonds is 7. The minimum absolute atomic E-state index is 0.0387. The third-order valence-corrected chi connectivity index (χ3v) is 9.45. The molecule has 0 heterocycles. The number of ether oxygens (including phenoxy) is 2. The summed E-state index contributed by atoms with van der Waals surface area (Å²) in [5.74, 6) is -1.28. The maximum atomic E-state index is 13.6. The number of hydrogen-bond donors (Lipinski definition) is 1. The third kappa shape index (κ3) is 4.09. The number of carbonyl (C=O) groups excluding carboxylic acids is 4. The van der Waals surface area contributed by atoms with Crippen molar-refractivity contribution in [3.8, 4) is 0 Å². The Balaban J connectivity index is 1.71. The Morgan fingerprint density at radius 2 is 1.97 bits per heavy atom. The maximum Gasteiger partial charge on any atom is 0.306 e. The molecule has 0 aromatic carbocycles. The summed E-state index contributed by atoms with van der Waals surface area (Å²) in [6.45, 7) is 6.85. The van der Waals surface area contributed by atoms with E-state index in [1.165, 1.54) is 6.92 Å². The molecule has 0 aromatic rings. The van der Waals surface area contributed by atoms with Gasteiger partial charge in [0.25, 0.3) is 0 Å². The van der Waals surface area contributed by atoms with Gasteiger partial charge >= 0.3 is 11.9 Å². The number of Topliss-reactive ketones (excluding diaryl/α,β-unsaturated/α-hetero) is 1. The van der Waals surface area contributed by atoms with Crippen molar-refractivity contribution in [2.75, 3.05) is 6.61 Å². The highest BCUT2D eigenvalue weighted by molar-refractivity contribution is 5.94. The van der Waals surface area contributed by atoms with Crippen molar-refractivity contribution in [3.63, 3.8) is 0 Å². The van der Waals surface area contributed by atoms with Crippen molar-refractivity contribution in [1.82, 2.24) is 0 Å². The van der Waals surface area contributed by atoms with Gasteiger partial charge in [-0.1, -0.05) is 44.9 Å². The molecule has 0 bridgehead atoms. The number of ketones is 2. The lowest BCUT2D eigenvalue weighted by atomic mass is 9.47. The average molecular weight is 487 g/mol. The first kappa shape index (κ1) is 25.8. The molecule has 0 aromatic heterocycles. The van der Waals surface area contributed by atoms with Crippen molar-refractivity contribution < 1.29 is 33.8 Å². The van der Waals surface area contributed by atoms with Crippen LogP contribution in [0.2, 0.25) is 0 Å². The Morgan fingerprint density at radius 1 is 1.23 bits per heavy atom. The van der Waals surface area contributed by atoms with Crippen molar-refractivity contribution in [2.45, 2.75) is 90.8 Å². The zero-order valence-electron chi connectivity index (χ0n) is 21.3. The van der Waals surface area contributed by atoms with E-state index >= 15 is 0 Å². The molecule has 2 saturated carbocycles. The molecule has 192 valence electrons. The van der Waals surface area contributed by atoms with E-state index in [9.17, 15) is 24.3 Å². The largest absolute Gasteiger partial charge is 0.458 e. The van der Waals surface area contributed by atoms with Crippen LogP contribution >= 0.6 is 0 Å². The minimum atomic E-state index is -1.44. The highest BCUT2D eigenvalue weighted by atomic mass is 16.6. The van der Waals surface area contributed by atoms with Gasteiger partial charge in [-0.3, -0.25) is 19.2 Å². The average Bonchev–Trinajstić information content (AvgIpc) is 3.08. The van der Waals surface area contributed by atoms with E-state index in [4.69, 9.17) is 9.47 Å². The van der Waals surface area contributed by atoms with Crippen LogP contribution in [0.4, 0.5) is 0 Å². The number of fused-ring (bicyclic) bond motifs is 5. The van der Waals surface area contributed by atoms with Gasteiger partial charge in [0.1, 0.15) is 0 Å². The second-order valence-electron chi connectivity index (χ2n) is 11.4. The van der Waals surface area contributed by atoms with E-state index in [2.05, 4.69) is 13.0 Å². The van der Waals surface area contributed by atoms with Crippen LogP contribution in [0, 0.1) is 28.6 Å². The Bertz CT molecular complexity index is 980. The van der Waals surface area contributed by atoms with E-state index in [-0.39, 0.29) is 30.0 Å². The molecule has 7 atom stereocenters. The van der Waals surface area contributed by atoms with Gasteiger partial charge in [0.2, 0.25) is 5.78 Å². The molecule has 4 rings (SSSR count). The maximum absolute atomic E-state index is 13.6. The molecular formula is C28H38O7. The second-order valence-corrected chi connectivity index (χ2v) is 11.4. The predicted molar refractivity (Wildman–Crippen MR) is 128 cm³/mol. The zero-order chi connectivity index (χ0) is 25.6. The van der Waals surface area contributed by atoms with E-state index in [1.54, 1.807) is 6.08 Å². The summed E-state index contributed by atoms with van der Waals surface area (Å²) in [6, 6.07) is 0. The fourth-order valence-electron chi connectivity index (χ4n) is 7.76. The van der Waals surface area contributed by atoms with Gasteiger partial charge in [0.05, 0.1) is 6.10 Å². The fraction of sp³-hybridized carbons (Fsp3) is 0.714. The summed E-state index contributed by atoms with van der Waals surface area (Å²) in [7, 11) is 0. The second kappa shape index (κ2) is 9.30. The molecule has 2 fully saturated rings. The Hall–Kier alpha value is -2.28. The number of esters is 2.